The van der Waals surface area contributed by atoms with Crippen molar-refractivity contribution in [3.05, 3.63) is 47.7 Å². The number of fused-ring (bicyclic) bond motifs is 1. The molecule has 0 atom stereocenters. The average molecular weight is 310 g/mol. The third-order valence-corrected chi connectivity index (χ3v) is 4.16. The van der Waals surface area contributed by atoms with Crippen LogP contribution in [0.4, 0.5) is 0 Å². The summed E-state index contributed by atoms with van der Waals surface area (Å²) in [6.07, 6.45) is 0. The van der Waals surface area contributed by atoms with E-state index in [0.29, 0.717) is 0 Å². The molecule has 23 heavy (non-hydrogen) atoms. The lowest BCUT2D eigenvalue weighted by Crippen LogP contribution is -2.11. The van der Waals surface area contributed by atoms with E-state index in [9.17, 15) is 5.11 Å². The van der Waals surface area contributed by atoms with Crippen molar-refractivity contribution in [1.29, 1.82) is 0 Å². The maximum atomic E-state index is 10.2. The highest BCUT2D eigenvalue weighted by Crippen LogP contribution is 2.43. The molecule has 3 nitrogen and oxygen atoms in total. The number of phenols is 1. The van der Waals surface area contributed by atoms with Crippen molar-refractivity contribution in [2.24, 2.45) is 0 Å². The van der Waals surface area contributed by atoms with Gasteiger partial charge >= 0.3 is 0 Å². The fourth-order valence-corrected chi connectivity index (χ4v) is 2.99. The highest BCUT2D eigenvalue weighted by molar-refractivity contribution is 5.99. The van der Waals surface area contributed by atoms with Gasteiger partial charge in [-0.15, -0.1) is 0 Å². The van der Waals surface area contributed by atoms with Crippen molar-refractivity contribution in [1.82, 2.24) is 0 Å². The summed E-state index contributed by atoms with van der Waals surface area (Å²) in [7, 11) is 1.67. The summed E-state index contributed by atoms with van der Waals surface area (Å²) < 4.78 is 11.6. The predicted molar refractivity (Wildman–Crippen MR) is 93.3 cm³/mol. The Kier molecular flexibility index (Phi) is 3.59. The van der Waals surface area contributed by atoms with Crippen LogP contribution >= 0.6 is 0 Å². The van der Waals surface area contributed by atoms with Crippen molar-refractivity contribution < 1.29 is 14.3 Å². The normalized spacial score (nSPS) is 11.9. The van der Waals surface area contributed by atoms with Crippen LogP contribution in [0.5, 0.6) is 11.5 Å². The number of rotatable bonds is 2. The van der Waals surface area contributed by atoms with E-state index in [1.165, 1.54) is 0 Å². The molecule has 0 unspecified atom stereocenters. The van der Waals surface area contributed by atoms with Crippen molar-refractivity contribution in [2.45, 2.75) is 33.1 Å². The molecular formula is C20H22O3. The van der Waals surface area contributed by atoms with Crippen LogP contribution in [-0.4, -0.2) is 12.2 Å². The molecule has 0 aliphatic rings. The summed E-state index contributed by atoms with van der Waals surface area (Å²) in [5, 5.41) is 11.2. The Balaban J connectivity index is 2.41. The summed E-state index contributed by atoms with van der Waals surface area (Å²) in [4.78, 5) is 0. The number of methoxy groups -OCH3 is 1. The van der Waals surface area contributed by atoms with Gasteiger partial charge in [-0.3, -0.25) is 0 Å². The lowest BCUT2D eigenvalue weighted by Gasteiger charge is -2.20. The molecule has 0 saturated heterocycles. The van der Waals surface area contributed by atoms with Crippen LogP contribution in [0.3, 0.4) is 0 Å². The molecule has 0 bridgehead atoms. The third kappa shape index (κ3) is 2.56. The third-order valence-electron chi connectivity index (χ3n) is 4.16. The van der Waals surface area contributed by atoms with E-state index in [-0.39, 0.29) is 11.2 Å². The number of furan rings is 1. The van der Waals surface area contributed by atoms with Crippen LogP contribution in [0.2, 0.25) is 0 Å². The van der Waals surface area contributed by atoms with Crippen LogP contribution in [0.25, 0.3) is 22.1 Å². The van der Waals surface area contributed by atoms with Crippen LogP contribution in [-0.2, 0) is 5.41 Å². The Hall–Kier alpha value is -2.42. The largest absolute Gasteiger partial charge is 0.507 e. The van der Waals surface area contributed by atoms with E-state index in [2.05, 4.69) is 20.8 Å². The lowest BCUT2D eigenvalue weighted by molar-refractivity contribution is 0.413. The molecule has 3 rings (SSSR count). The monoisotopic (exact) mass is 310 g/mol. The fraction of sp³-hybridized carbons (Fsp3) is 0.300. The van der Waals surface area contributed by atoms with Crippen LogP contribution in [0, 0.1) is 6.92 Å². The molecule has 120 valence electrons. The Bertz CT molecular complexity index is 866. The van der Waals surface area contributed by atoms with E-state index < -0.39 is 0 Å². The number of benzene rings is 2. The maximum Gasteiger partial charge on any atom is 0.138 e. The minimum absolute atomic E-state index is 0.0763. The zero-order valence-electron chi connectivity index (χ0n) is 14.2. The van der Waals surface area contributed by atoms with E-state index in [0.717, 1.165) is 39.2 Å². The van der Waals surface area contributed by atoms with Gasteiger partial charge in [0.2, 0.25) is 0 Å². The van der Waals surface area contributed by atoms with Crippen LogP contribution in [0.15, 0.2) is 40.8 Å². The minimum atomic E-state index is -0.0763. The smallest absolute Gasteiger partial charge is 0.138 e. The number of hydrogen-bond acceptors (Lipinski definition) is 3. The van der Waals surface area contributed by atoms with Crippen molar-refractivity contribution in [2.75, 3.05) is 7.11 Å². The zero-order valence-corrected chi connectivity index (χ0v) is 14.2. The van der Waals surface area contributed by atoms with Gasteiger partial charge in [-0.25, -0.2) is 0 Å². The Labute approximate surface area is 136 Å². The van der Waals surface area contributed by atoms with E-state index >= 15 is 0 Å². The fourth-order valence-electron chi connectivity index (χ4n) is 2.99. The number of aromatic hydroxyl groups is 1. The van der Waals surface area contributed by atoms with E-state index in [1.807, 2.05) is 37.3 Å². The molecule has 1 heterocycles. The molecule has 1 N–H and O–H groups in total. The topological polar surface area (TPSA) is 42.6 Å². The van der Waals surface area contributed by atoms with Gasteiger partial charge in [-0.2, -0.15) is 0 Å². The zero-order chi connectivity index (χ0) is 16.8. The molecule has 1 aromatic heterocycles. The molecular weight excluding hydrogens is 288 g/mol. The lowest BCUT2D eigenvalue weighted by atomic mass is 9.85. The average Bonchev–Trinajstić information content (AvgIpc) is 2.81. The number of hydrogen-bond donors (Lipinski definition) is 1. The quantitative estimate of drug-likeness (QED) is 0.687. The summed E-state index contributed by atoms with van der Waals surface area (Å²) in [5.41, 5.74) is 3.57. The van der Waals surface area contributed by atoms with E-state index in [4.69, 9.17) is 9.15 Å². The summed E-state index contributed by atoms with van der Waals surface area (Å²) >= 11 is 0. The second-order valence-corrected chi connectivity index (χ2v) is 6.85. The summed E-state index contributed by atoms with van der Waals surface area (Å²) in [6, 6.07) is 11.3. The maximum absolute atomic E-state index is 10.2. The number of ether oxygens (including phenoxy) is 1. The molecule has 0 aliphatic carbocycles. The molecule has 0 spiro atoms. The number of phenolic OH excluding ortho intramolecular Hbond substituents is 1. The van der Waals surface area contributed by atoms with Crippen molar-refractivity contribution in [3.8, 4) is 22.6 Å². The van der Waals surface area contributed by atoms with Gasteiger partial charge in [-0.05, 0) is 30.5 Å². The molecule has 0 fully saturated rings. The molecule has 0 amide bonds. The molecule has 0 aliphatic heterocycles. The number of para-hydroxylation sites is 1. The summed E-state index contributed by atoms with van der Waals surface area (Å²) in [5.74, 6) is 1.83. The highest BCUT2D eigenvalue weighted by atomic mass is 16.5. The molecule has 0 radical (unpaired) electrons. The first kappa shape index (κ1) is 15.5. The second-order valence-electron chi connectivity index (χ2n) is 6.85. The van der Waals surface area contributed by atoms with Gasteiger partial charge < -0.3 is 14.3 Å². The van der Waals surface area contributed by atoms with Gasteiger partial charge in [0.25, 0.3) is 0 Å². The molecule has 3 aromatic rings. The second kappa shape index (κ2) is 5.34. The first-order chi connectivity index (χ1) is 10.8. The standard InChI is InChI=1S/C20H22O3/c1-12-18(14-8-6-7-9-17(14)21)15-10-13(22-5)11-16(19(15)23-12)20(2,3)4/h6-11,21H,1-5H3. The SMILES string of the molecule is COc1cc(C(C)(C)C)c2oc(C)c(-c3ccccc3O)c2c1. The van der Waals surface area contributed by atoms with Gasteiger partial charge in [-0.1, -0.05) is 39.0 Å². The van der Waals surface area contributed by atoms with Crippen LogP contribution in [0.1, 0.15) is 32.1 Å². The summed E-state index contributed by atoms with van der Waals surface area (Å²) in [6.45, 7) is 8.39. The Morgan fingerprint density at radius 1 is 1.09 bits per heavy atom. The van der Waals surface area contributed by atoms with Crippen molar-refractivity contribution >= 4 is 11.0 Å². The predicted octanol–water partition coefficient (Wildman–Crippen LogP) is 5.42. The van der Waals surface area contributed by atoms with Gasteiger partial charge in [0, 0.05) is 22.1 Å². The number of aryl methyl sites for hydroxylation is 1. The van der Waals surface area contributed by atoms with Crippen LogP contribution < -0.4 is 4.74 Å². The first-order valence-corrected chi connectivity index (χ1v) is 7.73. The molecule has 3 heteroatoms. The van der Waals surface area contributed by atoms with E-state index in [1.54, 1.807) is 13.2 Å². The Morgan fingerprint density at radius 3 is 2.39 bits per heavy atom. The van der Waals surface area contributed by atoms with Gasteiger partial charge in [0.05, 0.1) is 7.11 Å². The Morgan fingerprint density at radius 2 is 1.78 bits per heavy atom. The molecule has 2 aromatic carbocycles. The highest BCUT2D eigenvalue weighted by Gasteiger charge is 2.24. The first-order valence-electron chi connectivity index (χ1n) is 7.73. The minimum Gasteiger partial charge on any atom is -0.507 e. The molecule has 0 saturated carbocycles. The van der Waals surface area contributed by atoms with Crippen molar-refractivity contribution in [3.63, 3.8) is 0 Å². The van der Waals surface area contributed by atoms with Gasteiger partial charge in [0.1, 0.15) is 22.8 Å². The van der Waals surface area contributed by atoms with Gasteiger partial charge in [0.15, 0.2) is 0 Å².